The van der Waals surface area contributed by atoms with Gasteiger partial charge in [-0.1, -0.05) is 48.9 Å². The molecular formula is C14H14ClNO2S. The van der Waals surface area contributed by atoms with E-state index in [1.165, 1.54) is 12.3 Å². The maximum absolute atomic E-state index is 12.6. The summed E-state index contributed by atoms with van der Waals surface area (Å²) >= 11 is 5.84. The summed E-state index contributed by atoms with van der Waals surface area (Å²) in [7, 11) is -3.52. The maximum atomic E-state index is 12.6. The Hall–Kier alpha value is -1.39. The third-order valence-electron chi connectivity index (χ3n) is 2.91. The molecule has 19 heavy (non-hydrogen) atoms. The van der Waals surface area contributed by atoms with Crippen molar-refractivity contribution < 1.29 is 8.42 Å². The van der Waals surface area contributed by atoms with Gasteiger partial charge in [-0.15, -0.1) is 0 Å². The second kappa shape index (κ2) is 5.72. The lowest BCUT2D eigenvalue weighted by atomic mass is 10.1. The first-order chi connectivity index (χ1) is 9.05. The van der Waals surface area contributed by atoms with Gasteiger partial charge in [0.05, 0.1) is 5.25 Å². The van der Waals surface area contributed by atoms with E-state index in [1.54, 1.807) is 6.07 Å². The quantitative estimate of drug-likeness (QED) is 0.865. The molecule has 5 heteroatoms. The van der Waals surface area contributed by atoms with E-state index in [1.807, 2.05) is 37.3 Å². The van der Waals surface area contributed by atoms with Gasteiger partial charge in [0.1, 0.15) is 0 Å². The number of halogens is 1. The summed E-state index contributed by atoms with van der Waals surface area (Å²) in [4.78, 5) is 3.93. The number of pyridine rings is 1. The van der Waals surface area contributed by atoms with Crippen molar-refractivity contribution in [2.75, 3.05) is 0 Å². The Balaban J connectivity index is 2.48. The smallest absolute Gasteiger partial charge is 0.202 e. The van der Waals surface area contributed by atoms with Gasteiger partial charge in [-0.25, -0.2) is 13.4 Å². The molecule has 3 nitrogen and oxygen atoms in total. The third-order valence-corrected chi connectivity index (χ3v) is 5.30. The number of nitrogens with zero attached hydrogens (tertiary/aromatic N) is 1. The number of benzene rings is 1. The standard InChI is InChI=1S/C14H14ClNO2S/c1-2-13(11-6-4-3-5-7-11)19(17,18)14-10-12(15)8-9-16-14/h3-10,13H,2H2,1H3. The summed E-state index contributed by atoms with van der Waals surface area (Å²) in [5.74, 6) is 0. The fraction of sp³-hybridized carbons (Fsp3) is 0.214. The van der Waals surface area contributed by atoms with Gasteiger partial charge in [0.25, 0.3) is 0 Å². The Morgan fingerprint density at radius 1 is 1.21 bits per heavy atom. The molecule has 0 aliphatic heterocycles. The fourth-order valence-corrected chi connectivity index (χ4v) is 3.96. The minimum atomic E-state index is -3.52. The average molecular weight is 296 g/mol. The molecule has 0 N–H and O–H groups in total. The molecule has 1 unspecified atom stereocenters. The van der Waals surface area contributed by atoms with Gasteiger partial charge in [0, 0.05) is 11.2 Å². The highest BCUT2D eigenvalue weighted by Crippen LogP contribution is 2.31. The summed E-state index contributed by atoms with van der Waals surface area (Å²) in [6.07, 6.45) is 1.90. The summed E-state index contributed by atoms with van der Waals surface area (Å²) in [5, 5.41) is -0.202. The number of hydrogen-bond donors (Lipinski definition) is 0. The average Bonchev–Trinajstić information content (AvgIpc) is 2.40. The Morgan fingerprint density at radius 3 is 2.47 bits per heavy atom. The molecule has 0 aliphatic carbocycles. The number of sulfone groups is 1. The lowest BCUT2D eigenvalue weighted by Crippen LogP contribution is -2.14. The molecule has 0 saturated heterocycles. The van der Waals surface area contributed by atoms with Gasteiger partial charge >= 0.3 is 0 Å². The summed E-state index contributed by atoms with van der Waals surface area (Å²) in [5.41, 5.74) is 0.770. The molecule has 2 rings (SSSR count). The van der Waals surface area contributed by atoms with E-state index < -0.39 is 15.1 Å². The highest BCUT2D eigenvalue weighted by molar-refractivity contribution is 7.91. The molecule has 1 aromatic carbocycles. The monoisotopic (exact) mass is 295 g/mol. The lowest BCUT2D eigenvalue weighted by Gasteiger charge is -2.15. The van der Waals surface area contributed by atoms with Gasteiger partial charge in [0.2, 0.25) is 9.84 Å². The van der Waals surface area contributed by atoms with Crippen LogP contribution in [0.3, 0.4) is 0 Å². The zero-order chi connectivity index (χ0) is 13.9. The van der Waals surface area contributed by atoms with Gasteiger partial charge in [-0.05, 0) is 24.1 Å². The first-order valence-corrected chi connectivity index (χ1v) is 7.88. The largest absolute Gasteiger partial charge is 0.245 e. The Kier molecular flexibility index (Phi) is 4.22. The van der Waals surface area contributed by atoms with E-state index in [4.69, 9.17) is 11.6 Å². The van der Waals surface area contributed by atoms with Crippen LogP contribution < -0.4 is 0 Å². The van der Waals surface area contributed by atoms with Crippen molar-refractivity contribution in [2.45, 2.75) is 23.6 Å². The molecule has 0 fully saturated rings. The van der Waals surface area contributed by atoms with Crippen molar-refractivity contribution in [2.24, 2.45) is 0 Å². The van der Waals surface area contributed by atoms with Crippen LogP contribution in [0.15, 0.2) is 53.7 Å². The zero-order valence-electron chi connectivity index (χ0n) is 10.5. The second-order valence-electron chi connectivity index (χ2n) is 4.16. The Morgan fingerprint density at radius 2 is 1.89 bits per heavy atom. The minimum Gasteiger partial charge on any atom is -0.245 e. The van der Waals surface area contributed by atoms with Crippen molar-refractivity contribution in [1.29, 1.82) is 0 Å². The first kappa shape index (κ1) is 14.0. The Bertz CT molecular complexity index is 656. The van der Waals surface area contributed by atoms with Gasteiger partial charge in [0.15, 0.2) is 5.03 Å². The van der Waals surface area contributed by atoms with Crippen molar-refractivity contribution in [1.82, 2.24) is 4.98 Å². The van der Waals surface area contributed by atoms with Crippen LogP contribution >= 0.6 is 11.6 Å². The van der Waals surface area contributed by atoms with E-state index in [2.05, 4.69) is 4.98 Å². The van der Waals surface area contributed by atoms with Gasteiger partial charge in [-0.3, -0.25) is 0 Å². The molecule has 1 atom stereocenters. The molecule has 0 saturated carbocycles. The van der Waals surface area contributed by atoms with Crippen LogP contribution in [0.4, 0.5) is 0 Å². The Labute approximate surface area is 118 Å². The van der Waals surface area contributed by atoms with Crippen LogP contribution in [-0.4, -0.2) is 13.4 Å². The van der Waals surface area contributed by atoms with Crippen LogP contribution in [0, 0.1) is 0 Å². The van der Waals surface area contributed by atoms with E-state index in [0.29, 0.717) is 11.4 Å². The molecule has 0 spiro atoms. The molecular weight excluding hydrogens is 282 g/mol. The molecule has 0 aliphatic rings. The van der Waals surface area contributed by atoms with Crippen LogP contribution in [-0.2, 0) is 9.84 Å². The maximum Gasteiger partial charge on any atom is 0.202 e. The fourth-order valence-electron chi connectivity index (χ4n) is 1.99. The molecule has 0 amide bonds. The highest BCUT2D eigenvalue weighted by Gasteiger charge is 2.28. The molecule has 100 valence electrons. The molecule has 1 heterocycles. The summed E-state index contributed by atoms with van der Waals surface area (Å²) in [6, 6.07) is 12.1. The minimum absolute atomic E-state index is 0.0238. The third kappa shape index (κ3) is 2.96. The zero-order valence-corrected chi connectivity index (χ0v) is 12.0. The van der Waals surface area contributed by atoms with E-state index >= 15 is 0 Å². The number of rotatable bonds is 4. The van der Waals surface area contributed by atoms with E-state index in [-0.39, 0.29) is 5.03 Å². The van der Waals surface area contributed by atoms with Gasteiger partial charge in [-0.2, -0.15) is 0 Å². The molecule has 0 bridgehead atoms. The van der Waals surface area contributed by atoms with Crippen LogP contribution in [0.1, 0.15) is 24.2 Å². The second-order valence-corrected chi connectivity index (χ2v) is 6.68. The predicted molar refractivity (Wildman–Crippen MR) is 75.9 cm³/mol. The van der Waals surface area contributed by atoms with Gasteiger partial charge < -0.3 is 0 Å². The van der Waals surface area contributed by atoms with Crippen LogP contribution in [0.25, 0.3) is 0 Å². The van der Waals surface area contributed by atoms with Crippen molar-refractivity contribution in [3.63, 3.8) is 0 Å². The normalized spacial score (nSPS) is 13.2. The molecule has 1 aromatic heterocycles. The predicted octanol–water partition coefficient (Wildman–Crippen LogP) is 3.66. The lowest BCUT2D eigenvalue weighted by molar-refractivity contribution is 0.575. The van der Waals surface area contributed by atoms with Crippen molar-refractivity contribution in [3.05, 3.63) is 59.2 Å². The van der Waals surface area contributed by atoms with Crippen LogP contribution in [0.5, 0.6) is 0 Å². The number of aromatic nitrogens is 1. The molecule has 0 radical (unpaired) electrons. The summed E-state index contributed by atoms with van der Waals surface area (Å²) < 4.78 is 25.2. The summed E-state index contributed by atoms with van der Waals surface area (Å²) in [6.45, 7) is 1.85. The van der Waals surface area contributed by atoms with Crippen molar-refractivity contribution in [3.8, 4) is 0 Å². The van der Waals surface area contributed by atoms with E-state index in [9.17, 15) is 8.42 Å². The van der Waals surface area contributed by atoms with Crippen molar-refractivity contribution >= 4 is 21.4 Å². The molecule has 2 aromatic rings. The topological polar surface area (TPSA) is 47.0 Å². The SMILES string of the molecule is CCC(c1ccccc1)S(=O)(=O)c1cc(Cl)ccn1. The highest BCUT2D eigenvalue weighted by atomic mass is 35.5. The van der Waals surface area contributed by atoms with E-state index in [0.717, 1.165) is 5.56 Å². The number of hydrogen-bond acceptors (Lipinski definition) is 3. The van der Waals surface area contributed by atoms with Crippen LogP contribution in [0.2, 0.25) is 5.02 Å². The first-order valence-electron chi connectivity index (χ1n) is 5.96.